The van der Waals surface area contributed by atoms with Gasteiger partial charge >= 0.3 is 5.97 Å². The fraction of sp³-hybridized carbons (Fsp3) is 0.909. The average molecular weight is 324 g/mol. The summed E-state index contributed by atoms with van der Waals surface area (Å²) in [7, 11) is 0. The zero-order valence-electron chi connectivity index (χ0n) is 8.96. The van der Waals surface area contributed by atoms with Crippen LogP contribution in [0.25, 0.3) is 0 Å². The lowest BCUT2D eigenvalue weighted by Gasteiger charge is -2.36. The maximum atomic E-state index is 11.7. The molecule has 86 valence electrons. The van der Waals surface area contributed by atoms with E-state index in [0.29, 0.717) is 16.8 Å². The van der Waals surface area contributed by atoms with E-state index in [1.807, 2.05) is 6.92 Å². The van der Waals surface area contributed by atoms with Crippen molar-refractivity contribution in [2.24, 2.45) is 0 Å². The Kier molecular flexibility index (Phi) is 3.01. The Morgan fingerprint density at radius 2 is 2.33 bits per heavy atom. The topological polar surface area (TPSA) is 46.5 Å². The van der Waals surface area contributed by atoms with Crippen LogP contribution >= 0.6 is 22.6 Å². The van der Waals surface area contributed by atoms with E-state index < -0.39 is 11.6 Å². The van der Waals surface area contributed by atoms with Gasteiger partial charge in [0.25, 0.3) is 0 Å². The molecule has 4 heteroatoms. The van der Waals surface area contributed by atoms with Crippen LogP contribution in [0.3, 0.4) is 0 Å². The van der Waals surface area contributed by atoms with Crippen LogP contribution in [0.5, 0.6) is 0 Å². The van der Waals surface area contributed by atoms with E-state index in [1.54, 1.807) is 0 Å². The molecule has 2 aliphatic rings. The number of rotatable bonds is 1. The monoisotopic (exact) mass is 324 g/mol. The Labute approximate surface area is 104 Å². The first-order valence-corrected chi connectivity index (χ1v) is 6.87. The van der Waals surface area contributed by atoms with Gasteiger partial charge in [0, 0.05) is 6.42 Å². The summed E-state index contributed by atoms with van der Waals surface area (Å²) in [5.74, 6) is -0.409. The van der Waals surface area contributed by atoms with Crippen molar-refractivity contribution in [3.63, 3.8) is 0 Å². The van der Waals surface area contributed by atoms with Gasteiger partial charge in [-0.1, -0.05) is 35.9 Å². The molecule has 1 aliphatic carbocycles. The molecule has 0 aromatic heterocycles. The van der Waals surface area contributed by atoms with Gasteiger partial charge in [0.15, 0.2) is 5.60 Å². The lowest BCUT2D eigenvalue weighted by molar-refractivity contribution is -0.160. The van der Waals surface area contributed by atoms with Gasteiger partial charge in [-0.15, -0.1) is 0 Å². The molecule has 15 heavy (non-hydrogen) atoms. The molecular formula is C11H17IO3. The van der Waals surface area contributed by atoms with Crippen LogP contribution in [0.1, 0.15) is 45.4 Å². The third kappa shape index (κ3) is 1.79. The zero-order valence-corrected chi connectivity index (χ0v) is 11.1. The van der Waals surface area contributed by atoms with Crippen LogP contribution in [0.4, 0.5) is 0 Å². The number of carbonyl (C=O) groups is 1. The van der Waals surface area contributed by atoms with Crippen molar-refractivity contribution in [1.29, 1.82) is 0 Å². The third-order valence-electron chi connectivity index (χ3n) is 3.73. The van der Waals surface area contributed by atoms with Gasteiger partial charge in [-0.3, -0.25) is 0 Å². The summed E-state index contributed by atoms with van der Waals surface area (Å²) < 4.78 is 5.87. The Morgan fingerprint density at radius 1 is 1.60 bits per heavy atom. The smallest absolute Gasteiger partial charge is 0.338 e. The summed E-state index contributed by atoms with van der Waals surface area (Å²) in [5, 5.41) is 10.1. The minimum absolute atomic E-state index is 0.355. The lowest BCUT2D eigenvalue weighted by atomic mass is 9.78. The largest absolute Gasteiger partial charge is 0.456 e. The Morgan fingerprint density at radius 3 is 2.87 bits per heavy atom. The van der Waals surface area contributed by atoms with Crippen LogP contribution in [0.2, 0.25) is 0 Å². The highest BCUT2D eigenvalue weighted by atomic mass is 127. The first kappa shape index (κ1) is 11.6. The molecule has 0 amide bonds. The number of hydrogen-bond donors (Lipinski definition) is 1. The molecule has 1 saturated carbocycles. The highest BCUT2D eigenvalue weighted by molar-refractivity contribution is 14.1. The summed E-state index contributed by atoms with van der Waals surface area (Å²) in [6, 6.07) is 0. The molecule has 0 radical (unpaired) electrons. The molecule has 0 bridgehead atoms. The highest BCUT2D eigenvalue weighted by Gasteiger charge is 2.58. The number of alkyl halides is 1. The summed E-state index contributed by atoms with van der Waals surface area (Å²) in [4.78, 5) is 11.7. The second kappa shape index (κ2) is 3.87. The first-order valence-electron chi connectivity index (χ1n) is 5.62. The lowest BCUT2D eigenvalue weighted by Crippen LogP contribution is -2.42. The number of carbonyl (C=O) groups excluding carboxylic acids is 1. The predicted molar refractivity (Wildman–Crippen MR) is 65.0 cm³/mol. The van der Waals surface area contributed by atoms with Crippen LogP contribution < -0.4 is 0 Å². The van der Waals surface area contributed by atoms with Gasteiger partial charge in [0.1, 0.15) is 5.60 Å². The molecule has 3 atom stereocenters. The fourth-order valence-corrected chi connectivity index (χ4v) is 3.73. The molecule has 2 fully saturated rings. The van der Waals surface area contributed by atoms with Crippen molar-refractivity contribution in [3.05, 3.63) is 0 Å². The Bertz CT molecular complexity index is 281. The molecule has 1 spiro atoms. The predicted octanol–water partition coefficient (Wildman–Crippen LogP) is 2.19. The van der Waals surface area contributed by atoms with Crippen LogP contribution in [-0.4, -0.2) is 26.2 Å². The molecule has 0 unspecified atom stereocenters. The van der Waals surface area contributed by atoms with E-state index in [2.05, 4.69) is 22.6 Å². The van der Waals surface area contributed by atoms with Crippen molar-refractivity contribution >= 4 is 28.6 Å². The number of aliphatic hydroxyl groups is 1. The molecule has 1 aliphatic heterocycles. The van der Waals surface area contributed by atoms with Crippen LogP contribution in [0, 0.1) is 0 Å². The van der Waals surface area contributed by atoms with Crippen molar-refractivity contribution in [2.75, 3.05) is 0 Å². The standard InChI is InChI=1S/C11H17IO3/c1-2-10(14)7-11(15-9(10)13)6-4-3-5-8(11)12/h8,14H,2-7H2,1H3/t8-,10-,11-/m0/s1. The number of esters is 1. The first-order chi connectivity index (χ1) is 7.02. The van der Waals surface area contributed by atoms with E-state index in [-0.39, 0.29) is 5.60 Å². The Hall–Kier alpha value is 0.160. The minimum Gasteiger partial charge on any atom is -0.456 e. The van der Waals surface area contributed by atoms with E-state index in [4.69, 9.17) is 4.74 Å². The van der Waals surface area contributed by atoms with Gasteiger partial charge in [0.05, 0.1) is 3.92 Å². The second-order valence-corrected chi connectivity index (χ2v) is 6.23. The second-order valence-electron chi connectivity index (χ2n) is 4.73. The third-order valence-corrected chi connectivity index (χ3v) is 5.49. The van der Waals surface area contributed by atoms with Crippen molar-refractivity contribution in [3.8, 4) is 0 Å². The summed E-state index contributed by atoms with van der Waals surface area (Å²) >= 11 is 2.37. The van der Waals surface area contributed by atoms with E-state index in [1.165, 1.54) is 6.42 Å². The molecule has 1 N–H and O–H groups in total. The molecule has 1 heterocycles. The van der Waals surface area contributed by atoms with Gasteiger partial charge in [0.2, 0.25) is 0 Å². The SMILES string of the molecule is CC[C@]1(O)C[C@]2(CCCC[C@@H]2I)OC1=O. The minimum atomic E-state index is -1.22. The van der Waals surface area contributed by atoms with E-state index in [0.717, 1.165) is 19.3 Å². The molecular weight excluding hydrogens is 307 g/mol. The molecule has 2 rings (SSSR count). The van der Waals surface area contributed by atoms with Crippen molar-refractivity contribution < 1.29 is 14.6 Å². The highest BCUT2D eigenvalue weighted by Crippen LogP contribution is 2.47. The number of halogens is 1. The van der Waals surface area contributed by atoms with Crippen LogP contribution in [-0.2, 0) is 9.53 Å². The van der Waals surface area contributed by atoms with Gasteiger partial charge < -0.3 is 9.84 Å². The molecule has 1 saturated heterocycles. The van der Waals surface area contributed by atoms with E-state index in [9.17, 15) is 9.90 Å². The Balaban J connectivity index is 2.22. The molecule has 0 aromatic rings. The molecule has 0 aromatic carbocycles. The van der Waals surface area contributed by atoms with Crippen molar-refractivity contribution in [1.82, 2.24) is 0 Å². The van der Waals surface area contributed by atoms with Gasteiger partial charge in [-0.25, -0.2) is 4.79 Å². The quantitative estimate of drug-likeness (QED) is 0.457. The van der Waals surface area contributed by atoms with Gasteiger partial charge in [-0.05, 0) is 25.7 Å². The normalized spacial score (nSPS) is 45.8. The van der Waals surface area contributed by atoms with Crippen LogP contribution in [0.15, 0.2) is 0 Å². The summed E-state index contributed by atoms with van der Waals surface area (Å²) in [5.41, 5.74) is -1.60. The fourth-order valence-electron chi connectivity index (χ4n) is 2.63. The zero-order chi connectivity index (χ0) is 11.1. The maximum absolute atomic E-state index is 11.7. The summed E-state index contributed by atoms with van der Waals surface area (Å²) in [6.07, 6.45) is 5.26. The molecule has 3 nitrogen and oxygen atoms in total. The van der Waals surface area contributed by atoms with Crippen molar-refractivity contribution in [2.45, 2.75) is 60.6 Å². The number of hydrogen-bond acceptors (Lipinski definition) is 3. The van der Waals surface area contributed by atoms with E-state index >= 15 is 0 Å². The maximum Gasteiger partial charge on any atom is 0.338 e. The van der Waals surface area contributed by atoms with Gasteiger partial charge in [-0.2, -0.15) is 0 Å². The number of ether oxygens (including phenoxy) is 1. The summed E-state index contributed by atoms with van der Waals surface area (Å²) in [6.45, 7) is 1.84. The average Bonchev–Trinajstić information content (AvgIpc) is 2.46.